The lowest BCUT2D eigenvalue weighted by atomic mass is 10.4. The third kappa shape index (κ3) is 2.92. The quantitative estimate of drug-likeness (QED) is 0.713. The van der Waals surface area contributed by atoms with Gasteiger partial charge in [-0.15, -0.1) is 0 Å². The number of hydrogen-bond acceptors (Lipinski definition) is 4. The number of aliphatic hydroxyl groups excluding tert-OH is 1. The molecule has 1 aromatic heterocycles. The molecule has 1 aromatic rings. The summed E-state index contributed by atoms with van der Waals surface area (Å²) in [5, 5.41) is 8.68. The predicted octanol–water partition coefficient (Wildman–Crippen LogP) is 0.824. The van der Waals surface area contributed by atoms with Gasteiger partial charge in [0.1, 0.15) is 12.1 Å². The Kier molecular flexibility index (Phi) is 4.25. The Morgan fingerprint density at radius 1 is 1.50 bits per heavy atom. The molecule has 0 aliphatic rings. The van der Waals surface area contributed by atoms with Crippen LogP contribution in [0, 0.1) is 5.95 Å². The second-order valence-electron chi connectivity index (χ2n) is 2.86. The minimum absolute atomic E-state index is 0.129. The van der Waals surface area contributed by atoms with E-state index in [9.17, 15) is 4.39 Å². The van der Waals surface area contributed by atoms with E-state index in [1.165, 1.54) is 12.4 Å². The molecule has 78 valence electrons. The Labute approximate surface area is 82.4 Å². The first-order valence-electron chi connectivity index (χ1n) is 4.61. The van der Waals surface area contributed by atoms with E-state index in [-0.39, 0.29) is 6.61 Å². The van der Waals surface area contributed by atoms with Crippen molar-refractivity contribution in [2.24, 2.45) is 0 Å². The van der Waals surface area contributed by atoms with Gasteiger partial charge >= 0.3 is 0 Å². The van der Waals surface area contributed by atoms with Crippen LogP contribution in [0.1, 0.15) is 13.3 Å². The monoisotopic (exact) mass is 199 g/mol. The molecule has 0 atom stereocenters. The highest BCUT2D eigenvalue weighted by atomic mass is 19.1. The Morgan fingerprint density at radius 2 is 2.29 bits per heavy atom. The highest BCUT2D eigenvalue weighted by molar-refractivity contribution is 5.36. The topological polar surface area (TPSA) is 49.2 Å². The number of rotatable bonds is 5. The molecular formula is C9H14FN3O. The van der Waals surface area contributed by atoms with Crippen LogP contribution in [-0.4, -0.2) is 34.8 Å². The number of aliphatic hydroxyl groups is 1. The molecule has 5 heteroatoms. The Morgan fingerprint density at radius 3 is 2.86 bits per heavy atom. The lowest BCUT2D eigenvalue weighted by Gasteiger charge is -2.20. The second kappa shape index (κ2) is 5.49. The molecule has 0 bridgehead atoms. The van der Waals surface area contributed by atoms with Crippen LogP contribution in [0.15, 0.2) is 12.4 Å². The van der Waals surface area contributed by atoms with Crippen molar-refractivity contribution in [3.63, 3.8) is 0 Å². The third-order valence-electron chi connectivity index (χ3n) is 1.91. The first-order chi connectivity index (χ1) is 6.77. The van der Waals surface area contributed by atoms with Gasteiger partial charge in [-0.05, 0) is 13.3 Å². The summed E-state index contributed by atoms with van der Waals surface area (Å²) in [5.74, 6) is 0.0332. The zero-order valence-electron chi connectivity index (χ0n) is 8.15. The normalized spacial score (nSPS) is 10.2. The lowest BCUT2D eigenvalue weighted by molar-refractivity contribution is 0.289. The smallest absolute Gasteiger partial charge is 0.218 e. The van der Waals surface area contributed by atoms with Crippen LogP contribution >= 0.6 is 0 Å². The average molecular weight is 199 g/mol. The van der Waals surface area contributed by atoms with E-state index in [2.05, 4.69) is 9.97 Å². The molecule has 1 rings (SSSR count). The highest BCUT2D eigenvalue weighted by Crippen LogP contribution is 2.09. The highest BCUT2D eigenvalue weighted by Gasteiger charge is 2.06. The molecule has 0 spiro atoms. The molecule has 0 fully saturated rings. The summed E-state index contributed by atoms with van der Waals surface area (Å²) in [6.07, 6.45) is 1.85. The van der Waals surface area contributed by atoms with Gasteiger partial charge in [-0.2, -0.15) is 4.39 Å². The molecule has 0 aliphatic heterocycles. The van der Waals surface area contributed by atoms with Gasteiger partial charge in [0.25, 0.3) is 0 Å². The SMILES string of the molecule is CCN(CCCO)c1cc(F)ncn1. The first kappa shape index (κ1) is 10.8. The zero-order chi connectivity index (χ0) is 10.4. The van der Waals surface area contributed by atoms with E-state index in [1.54, 1.807) is 0 Å². The average Bonchev–Trinajstić information content (AvgIpc) is 2.19. The Hall–Kier alpha value is -1.23. The fourth-order valence-corrected chi connectivity index (χ4v) is 1.19. The summed E-state index contributed by atoms with van der Waals surface area (Å²) in [4.78, 5) is 9.23. The van der Waals surface area contributed by atoms with Crippen LogP contribution in [-0.2, 0) is 0 Å². The third-order valence-corrected chi connectivity index (χ3v) is 1.91. The lowest BCUT2D eigenvalue weighted by Crippen LogP contribution is -2.25. The van der Waals surface area contributed by atoms with Gasteiger partial charge in [-0.25, -0.2) is 9.97 Å². The molecule has 0 unspecified atom stereocenters. The maximum atomic E-state index is 12.8. The fourth-order valence-electron chi connectivity index (χ4n) is 1.19. The number of anilines is 1. The van der Waals surface area contributed by atoms with E-state index >= 15 is 0 Å². The molecular weight excluding hydrogens is 185 g/mol. The number of aromatic nitrogens is 2. The predicted molar refractivity (Wildman–Crippen MR) is 51.6 cm³/mol. The van der Waals surface area contributed by atoms with Gasteiger partial charge in [0.15, 0.2) is 0 Å². The molecule has 1 heterocycles. The van der Waals surface area contributed by atoms with Crippen molar-refractivity contribution < 1.29 is 9.50 Å². The van der Waals surface area contributed by atoms with Gasteiger partial charge < -0.3 is 10.0 Å². The molecule has 0 amide bonds. The minimum atomic E-state index is -0.530. The first-order valence-corrected chi connectivity index (χ1v) is 4.61. The van der Waals surface area contributed by atoms with Gasteiger partial charge in [0, 0.05) is 25.8 Å². The summed E-state index contributed by atoms with van der Waals surface area (Å²) in [6.45, 7) is 3.49. The Bertz CT molecular complexity index is 283. The summed E-state index contributed by atoms with van der Waals surface area (Å²) in [5.41, 5.74) is 0. The van der Waals surface area contributed by atoms with Crippen molar-refractivity contribution >= 4 is 5.82 Å². The molecule has 0 saturated heterocycles. The number of nitrogens with zero attached hydrogens (tertiary/aromatic N) is 3. The second-order valence-corrected chi connectivity index (χ2v) is 2.86. The van der Waals surface area contributed by atoms with E-state index < -0.39 is 5.95 Å². The van der Waals surface area contributed by atoms with E-state index in [0.717, 1.165) is 6.54 Å². The summed E-state index contributed by atoms with van der Waals surface area (Å²) in [6, 6.07) is 1.29. The van der Waals surface area contributed by atoms with Crippen molar-refractivity contribution in [1.29, 1.82) is 0 Å². The van der Waals surface area contributed by atoms with Crippen LogP contribution in [0.2, 0.25) is 0 Å². The molecule has 14 heavy (non-hydrogen) atoms. The zero-order valence-corrected chi connectivity index (χ0v) is 8.15. The van der Waals surface area contributed by atoms with Gasteiger partial charge in [0.05, 0.1) is 0 Å². The van der Waals surface area contributed by atoms with Crippen LogP contribution in [0.3, 0.4) is 0 Å². The van der Waals surface area contributed by atoms with E-state index in [4.69, 9.17) is 5.11 Å². The molecule has 0 radical (unpaired) electrons. The molecule has 0 aromatic carbocycles. The number of hydrogen-bond donors (Lipinski definition) is 1. The molecule has 4 nitrogen and oxygen atoms in total. The van der Waals surface area contributed by atoms with Crippen molar-refractivity contribution in [2.45, 2.75) is 13.3 Å². The maximum Gasteiger partial charge on any atom is 0.218 e. The Balaban J connectivity index is 2.68. The number of halogens is 1. The van der Waals surface area contributed by atoms with Crippen LogP contribution in [0.25, 0.3) is 0 Å². The van der Waals surface area contributed by atoms with Crippen LogP contribution < -0.4 is 4.90 Å². The van der Waals surface area contributed by atoms with Crippen molar-refractivity contribution in [1.82, 2.24) is 9.97 Å². The van der Waals surface area contributed by atoms with Crippen molar-refractivity contribution in [3.8, 4) is 0 Å². The minimum Gasteiger partial charge on any atom is -0.396 e. The fraction of sp³-hybridized carbons (Fsp3) is 0.556. The van der Waals surface area contributed by atoms with Crippen molar-refractivity contribution in [3.05, 3.63) is 18.3 Å². The summed E-state index contributed by atoms with van der Waals surface area (Å²) in [7, 11) is 0. The van der Waals surface area contributed by atoms with Gasteiger partial charge in [-0.1, -0.05) is 0 Å². The molecule has 1 N–H and O–H groups in total. The van der Waals surface area contributed by atoms with E-state index in [0.29, 0.717) is 18.8 Å². The molecule has 0 aliphatic carbocycles. The summed E-state index contributed by atoms with van der Waals surface area (Å²) >= 11 is 0. The van der Waals surface area contributed by atoms with Gasteiger partial charge in [0.2, 0.25) is 5.95 Å². The standard InChI is InChI=1S/C9H14FN3O/c1-2-13(4-3-5-14)9-6-8(10)11-7-12-9/h6-7,14H,2-5H2,1H3. The van der Waals surface area contributed by atoms with E-state index in [1.807, 2.05) is 11.8 Å². The van der Waals surface area contributed by atoms with Crippen LogP contribution in [0.4, 0.5) is 10.2 Å². The van der Waals surface area contributed by atoms with Crippen molar-refractivity contribution in [2.75, 3.05) is 24.6 Å². The largest absolute Gasteiger partial charge is 0.396 e. The summed E-state index contributed by atoms with van der Waals surface area (Å²) < 4.78 is 12.8. The maximum absolute atomic E-state index is 12.8. The van der Waals surface area contributed by atoms with Crippen LogP contribution in [0.5, 0.6) is 0 Å². The molecule has 0 saturated carbocycles. The van der Waals surface area contributed by atoms with Gasteiger partial charge in [-0.3, -0.25) is 0 Å².